The Morgan fingerprint density at radius 2 is 1.88 bits per heavy atom. The van der Waals surface area contributed by atoms with Crippen molar-refractivity contribution in [3.63, 3.8) is 0 Å². The molecule has 3 aromatic rings. The van der Waals surface area contributed by atoms with E-state index in [4.69, 9.17) is 9.47 Å². The Morgan fingerprint density at radius 3 is 2.59 bits per heavy atom. The van der Waals surface area contributed by atoms with Gasteiger partial charge in [-0.1, -0.05) is 6.07 Å². The summed E-state index contributed by atoms with van der Waals surface area (Å²) >= 11 is 0. The van der Waals surface area contributed by atoms with E-state index in [2.05, 4.69) is 10.3 Å². The minimum atomic E-state index is -0.704. The molecule has 1 aromatic carbocycles. The maximum absolute atomic E-state index is 14.0. The predicted octanol–water partition coefficient (Wildman–Crippen LogP) is 2.44. The van der Waals surface area contributed by atoms with E-state index in [0.29, 0.717) is 37.6 Å². The molecule has 0 aliphatic carbocycles. The first-order valence-corrected chi connectivity index (χ1v) is 11.0. The van der Waals surface area contributed by atoms with Gasteiger partial charge in [-0.3, -0.25) is 18.9 Å². The molecule has 34 heavy (non-hydrogen) atoms. The highest BCUT2D eigenvalue weighted by atomic mass is 19.1. The zero-order valence-electron chi connectivity index (χ0n) is 19.1. The number of nitrogens with one attached hydrogen (secondary N) is 1. The number of aryl methyl sites for hydroxylation is 2. The van der Waals surface area contributed by atoms with Gasteiger partial charge in [-0.05, 0) is 37.6 Å². The van der Waals surface area contributed by atoms with Crippen LogP contribution in [0.5, 0.6) is 5.75 Å². The monoisotopic (exact) mass is 472 g/mol. The van der Waals surface area contributed by atoms with Gasteiger partial charge in [0.05, 0.1) is 37.6 Å². The first-order valence-electron chi connectivity index (χ1n) is 11.0. The fourth-order valence-electron chi connectivity index (χ4n) is 3.88. The summed E-state index contributed by atoms with van der Waals surface area (Å²) in [7, 11) is 0. The molecule has 0 bridgehead atoms. The van der Waals surface area contributed by atoms with E-state index in [-0.39, 0.29) is 42.5 Å². The molecule has 1 N–H and O–H groups in total. The summed E-state index contributed by atoms with van der Waals surface area (Å²) in [6.45, 7) is 5.84. The lowest BCUT2D eigenvalue weighted by Gasteiger charge is -2.25. The van der Waals surface area contributed by atoms with Crippen LogP contribution in [-0.2, 0) is 16.1 Å². The first kappa shape index (κ1) is 23.8. The van der Waals surface area contributed by atoms with E-state index in [1.54, 1.807) is 30.5 Å². The van der Waals surface area contributed by atoms with Crippen LogP contribution in [0.4, 0.5) is 8.78 Å². The van der Waals surface area contributed by atoms with Crippen molar-refractivity contribution >= 4 is 17.3 Å². The van der Waals surface area contributed by atoms with E-state index in [1.807, 2.05) is 4.90 Å². The molecule has 0 spiro atoms. The maximum atomic E-state index is 14.0. The van der Waals surface area contributed by atoms with Crippen LogP contribution in [0.25, 0.3) is 5.65 Å². The number of hydrogen-bond donors (Lipinski definition) is 1. The van der Waals surface area contributed by atoms with E-state index in [9.17, 15) is 18.4 Å². The fraction of sp³-hybridized carbons (Fsp3) is 0.375. The number of morpholine rings is 1. The van der Waals surface area contributed by atoms with Gasteiger partial charge < -0.3 is 14.8 Å². The number of aromatic nitrogens is 2. The average Bonchev–Trinajstić information content (AvgIpc) is 3.13. The van der Waals surface area contributed by atoms with Crippen LogP contribution >= 0.6 is 0 Å². The number of benzene rings is 1. The summed E-state index contributed by atoms with van der Waals surface area (Å²) in [5.41, 5.74) is 1.60. The Morgan fingerprint density at radius 1 is 1.18 bits per heavy atom. The van der Waals surface area contributed by atoms with E-state index in [0.717, 1.165) is 17.7 Å². The second kappa shape index (κ2) is 10.3. The Balaban J connectivity index is 1.50. The van der Waals surface area contributed by atoms with Crippen LogP contribution in [0, 0.1) is 25.5 Å². The molecule has 1 aliphatic rings. The van der Waals surface area contributed by atoms with Crippen molar-refractivity contribution in [1.29, 1.82) is 0 Å². The number of ketones is 1. The van der Waals surface area contributed by atoms with E-state index in [1.165, 1.54) is 6.07 Å². The summed E-state index contributed by atoms with van der Waals surface area (Å²) < 4.78 is 40.5. The number of ether oxygens (including phenoxy) is 2. The number of rotatable bonds is 8. The van der Waals surface area contributed by atoms with Crippen molar-refractivity contribution in [2.24, 2.45) is 0 Å². The molecular weight excluding hydrogens is 446 g/mol. The summed E-state index contributed by atoms with van der Waals surface area (Å²) in [5.74, 6) is -1.67. The molecule has 2 aromatic heterocycles. The third-order valence-electron chi connectivity index (χ3n) is 5.60. The topological polar surface area (TPSA) is 85.2 Å². The minimum Gasteiger partial charge on any atom is -0.485 e. The molecule has 0 radical (unpaired) electrons. The number of amides is 1. The molecule has 0 saturated carbocycles. The summed E-state index contributed by atoms with van der Waals surface area (Å²) in [5, 5.41) is 2.67. The number of halogens is 2. The van der Waals surface area contributed by atoms with Crippen LogP contribution in [0.15, 0.2) is 30.5 Å². The average molecular weight is 472 g/mol. The highest BCUT2D eigenvalue weighted by Gasteiger charge is 2.21. The zero-order valence-corrected chi connectivity index (χ0v) is 19.1. The standard InChI is InChI=1S/C24H26F2N4O4/c1-15-10-21(34-14-18-19(25)4-3-5-20(18)26)23-28-16(2)22(30(23)12-15)24(32)27-11-17(31)13-29-6-8-33-9-7-29/h3-5,10,12H,6-9,11,13-14H2,1-2H3,(H,27,32). The third kappa shape index (κ3) is 5.23. The van der Waals surface area contributed by atoms with Gasteiger partial charge in [0, 0.05) is 19.3 Å². The largest absolute Gasteiger partial charge is 0.485 e. The van der Waals surface area contributed by atoms with Gasteiger partial charge in [0.2, 0.25) is 0 Å². The summed E-state index contributed by atoms with van der Waals surface area (Å²) in [4.78, 5) is 31.7. The molecule has 0 atom stereocenters. The lowest BCUT2D eigenvalue weighted by Crippen LogP contribution is -2.42. The van der Waals surface area contributed by atoms with Gasteiger partial charge in [-0.15, -0.1) is 0 Å². The van der Waals surface area contributed by atoms with Crippen LogP contribution in [0.1, 0.15) is 27.3 Å². The van der Waals surface area contributed by atoms with Crippen LogP contribution in [0.2, 0.25) is 0 Å². The quantitative estimate of drug-likeness (QED) is 0.542. The van der Waals surface area contributed by atoms with E-state index < -0.39 is 17.5 Å². The van der Waals surface area contributed by atoms with Crippen molar-refractivity contribution in [2.45, 2.75) is 20.5 Å². The molecule has 1 aliphatic heterocycles. The second-order valence-corrected chi connectivity index (χ2v) is 8.22. The SMILES string of the molecule is Cc1cc(OCc2c(F)cccc2F)c2nc(C)c(C(=O)NCC(=O)CN3CCOCC3)n2c1. The Bertz CT molecular complexity index is 1200. The second-order valence-electron chi connectivity index (χ2n) is 8.22. The van der Waals surface area contributed by atoms with Gasteiger partial charge in [0.15, 0.2) is 17.2 Å². The van der Waals surface area contributed by atoms with Crippen molar-refractivity contribution in [2.75, 3.05) is 39.4 Å². The van der Waals surface area contributed by atoms with Crippen molar-refractivity contribution < 1.29 is 27.8 Å². The maximum Gasteiger partial charge on any atom is 0.270 e. The van der Waals surface area contributed by atoms with Gasteiger partial charge in [0.1, 0.15) is 23.9 Å². The number of Topliss-reactive ketones (excluding diaryl/α,β-unsaturated/α-hetero) is 1. The Hall–Kier alpha value is -3.37. The van der Waals surface area contributed by atoms with Crippen LogP contribution < -0.4 is 10.1 Å². The Labute approximate surface area is 195 Å². The highest BCUT2D eigenvalue weighted by Crippen LogP contribution is 2.26. The summed E-state index contributed by atoms with van der Waals surface area (Å²) in [6, 6.07) is 5.30. The molecule has 0 unspecified atom stereocenters. The number of hydrogen-bond acceptors (Lipinski definition) is 6. The molecule has 3 heterocycles. The van der Waals surface area contributed by atoms with Gasteiger partial charge in [0.25, 0.3) is 5.91 Å². The van der Waals surface area contributed by atoms with Gasteiger partial charge >= 0.3 is 0 Å². The molecule has 180 valence electrons. The molecule has 4 rings (SSSR count). The normalized spacial score (nSPS) is 14.4. The van der Waals surface area contributed by atoms with Crippen molar-refractivity contribution in [3.05, 3.63) is 64.6 Å². The lowest BCUT2D eigenvalue weighted by molar-refractivity contribution is -0.120. The van der Waals surface area contributed by atoms with Gasteiger partial charge in [-0.2, -0.15) is 0 Å². The number of nitrogens with zero attached hydrogens (tertiary/aromatic N) is 3. The van der Waals surface area contributed by atoms with Crippen molar-refractivity contribution in [3.8, 4) is 5.75 Å². The Kier molecular flexibility index (Phi) is 7.18. The smallest absolute Gasteiger partial charge is 0.270 e. The molecule has 10 heteroatoms. The number of carbonyl (C=O) groups excluding carboxylic acids is 2. The highest BCUT2D eigenvalue weighted by molar-refractivity contribution is 5.97. The molecule has 1 amide bonds. The lowest BCUT2D eigenvalue weighted by atomic mass is 10.2. The predicted molar refractivity (Wildman–Crippen MR) is 120 cm³/mol. The summed E-state index contributed by atoms with van der Waals surface area (Å²) in [6.07, 6.45) is 1.72. The zero-order chi connectivity index (χ0) is 24.2. The molecule has 1 fully saturated rings. The van der Waals surface area contributed by atoms with E-state index >= 15 is 0 Å². The fourth-order valence-corrected chi connectivity index (χ4v) is 3.88. The van der Waals surface area contributed by atoms with Crippen molar-refractivity contribution in [1.82, 2.24) is 19.6 Å². The van der Waals surface area contributed by atoms with Crippen LogP contribution in [-0.4, -0.2) is 65.4 Å². The minimum absolute atomic E-state index is 0.103. The molecule has 8 nitrogen and oxygen atoms in total. The number of carbonyl (C=O) groups is 2. The molecular formula is C24H26F2N4O4. The third-order valence-corrected chi connectivity index (χ3v) is 5.60. The van der Waals surface area contributed by atoms with Crippen LogP contribution in [0.3, 0.4) is 0 Å². The first-order chi connectivity index (χ1) is 16.3. The number of fused-ring (bicyclic) bond motifs is 1. The number of imidazole rings is 1. The van der Waals surface area contributed by atoms with Gasteiger partial charge in [-0.25, -0.2) is 13.8 Å². The molecule has 1 saturated heterocycles. The number of pyridine rings is 1.